The quantitative estimate of drug-likeness (QED) is 0.697. The first-order chi connectivity index (χ1) is 6.18. The number of hydrogen-bond donors (Lipinski definition) is 0. The van der Waals surface area contributed by atoms with Gasteiger partial charge in [0.1, 0.15) is 0 Å². The minimum Gasteiger partial charge on any atom is -0.273 e. The molecular formula is C9H18N2O2S. The summed E-state index contributed by atoms with van der Waals surface area (Å²) in [5, 5.41) is 5.84. The highest BCUT2D eigenvalue weighted by molar-refractivity contribution is 7.92. The molecule has 1 heterocycles. The van der Waals surface area contributed by atoms with Crippen LogP contribution in [0, 0.1) is 5.92 Å². The van der Waals surface area contributed by atoms with Crippen LogP contribution in [-0.4, -0.2) is 36.8 Å². The second-order valence-electron chi connectivity index (χ2n) is 4.43. The summed E-state index contributed by atoms with van der Waals surface area (Å²) in [5.41, 5.74) is 0. The first kappa shape index (κ1) is 11.5. The Balaban J connectivity index is 3.02. The van der Waals surface area contributed by atoms with E-state index in [0.717, 1.165) is 0 Å². The SMILES string of the molecule is CC1C=NN(C(C)(C)S(C)(=O)=O)C1C. The topological polar surface area (TPSA) is 49.7 Å². The monoisotopic (exact) mass is 218 g/mol. The third kappa shape index (κ3) is 1.65. The molecule has 0 aromatic heterocycles. The van der Waals surface area contributed by atoms with E-state index < -0.39 is 14.7 Å². The molecule has 0 N–H and O–H groups in total. The number of sulfone groups is 1. The summed E-state index contributed by atoms with van der Waals surface area (Å²) in [4.78, 5) is -0.923. The summed E-state index contributed by atoms with van der Waals surface area (Å²) in [5.74, 6) is 0.302. The highest BCUT2D eigenvalue weighted by atomic mass is 32.2. The standard InChI is InChI=1S/C9H18N2O2S/c1-7-6-10-11(8(7)2)9(3,4)14(5,12)13/h6-8H,1-5H3. The van der Waals surface area contributed by atoms with Crippen LogP contribution < -0.4 is 0 Å². The van der Waals surface area contributed by atoms with E-state index in [1.165, 1.54) is 6.26 Å². The molecule has 1 aliphatic rings. The van der Waals surface area contributed by atoms with Crippen molar-refractivity contribution < 1.29 is 8.42 Å². The van der Waals surface area contributed by atoms with E-state index in [0.29, 0.717) is 5.92 Å². The minimum absolute atomic E-state index is 0.139. The van der Waals surface area contributed by atoms with Crippen molar-refractivity contribution in [1.29, 1.82) is 0 Å². The number of rotatable bonds is 2. The van der Waals surface area contributed by atoms with Crippen molar-refractivity contribution >= 4 is 16.1 Å². The van der Waals surface area contributed by atoms with Crippen LogP contribution in [-0.2, 0) is 9.84 Å². The van der Waals surface area contributed by atoms with Crippen LogP contribution in [0.5, 0.6) is 0 Å². The fourth-order valence-corrected chi connectivity index (χ4v) is 1.98. The molecule has 0 aromatic rings. The van der Waals surface area contributed by atoms with Gasteiger partial charge in [-0.2, -0.15) is 5.10 Å². The maximum atomic E-state index is 11.6. The Bertz CT molecular complexity index is 346. The molecule has 2 unspecified atom stereocenters. The van der Waals surface area contributed by atoms with Gasteiger partial charge < -0.3 is 0 Å². The Morgan fingerprint density at radius 2 is 1.86 bits per heavy atom. The van der Waals surface area contributed by atoms with E-state index in [1.54, 1.807) is 25.1 Å². The average Bonchev–Trinajstić information content (AvgIpc) is 2.30. The van der Waals surface area contributed by atoms with Gasteiger partial charge in [-0.25, -0.2) is 8.42 Å². The molecule has 0 fully saturated rings. The molecule has 1 aliphatic heterocycles. The smallest absolute Gasteiger partial charge is 0.172 e. The summed E-state index contributed by atoms with van der Waals surface area (Å²) in [6.07, 6.45) is 3.05. The van der Waals surface area contributed by atoms with Crippen molar-refractivity contribution in [3.05, 3.63) is 0 Å². The maximum absolute atomic E-state index is 11.6. The van der Waals surface area contributed by atoms with E-state index in [2.05, 4.69) is 5.10 Å². The van der Waals surface area contributed by atoms with Gasteiger partial charge in [0.2, 0.25) is 0 Å². The summed E-state index contributed by atoms with van der Waals surface area (Å²) >= 11 is 0. The van der Waals surface area contributed by atoms with Gasteiger partial charge in [0.15, 0.2) is 14.7 Å². The van der Waals surface area contributed by atoms with Crippen LogP contribution in [0.4, 0.5) is 0 Å². The summed E-state index contributed by atoms with van der Waals surface area (Å²) < 4.78 is 23.2. The third-order valence-electron chi connectivity index (χ3n) is 3.03. The molecule has 0 saturated carbocycles. The number of hydrazone groups is 1. The van der Waals surface area contributed by atoms with Crippen molar-refractivity contribution in [3.63, 3.8) is 0 Å². The summed E-state index contributed by atoms with van der Waals surface area (Å²) in [6, 6.07) is 0.139. The van der Waals surface area contributed by atoms with Crippen molar-refractivity contribution in [2.45, 2.75) is 38.6 Å². The van der Waals surface area contributed by atoms with Crippen LogP contribution in [0.25, 0.3) is 0 Å². The normalized spacial score (nSPS) is 28.5. The molecule has 1 rings (SSSR count). The highest BCUT2D eigenvalue weighted by Gasteiger charge is 2.42. The van der Waals surface area contributed by atoms with Crippen molar-refractivity contribution in [3.8, 4) is 0 Å². The fraction of sp³-hybridized carbons (Fsp3) is 0.889. The summed E-state index contributed by atoms with van der Waals surface area (Å²) in [6.45, 7) is 7.40. The first-order valence-corrected chi connectivity index (χ1v) is 6.60. The maximum Gasteiger partial charge on any atom is 0.172 e. The molecule has 2 atom stereocenters. The zero-order valence-electron chi connectivity index (χ0n) is 9.35. The van der Waals surface area contributed by atoms with Gasteiger partial charge in [0, 0.05) is 18.4 Å². The molecule has 0 bridgehead atoms. The Morgan fingerprint density at radius 3 is 2.14 bits per heavy atom. The van der Waals surface area contributed by atoms with Gasteiger partial charge in [0.25, 0.3) is 0 Å². The Labute approximate surface area is 85.9 Å². The lowest BCUT2D eigenvalue weighted by Crippen LogP contribution is -2.49. The molecule has 0 radical (unpaired) electrons. The molecule has 0 saturated heterocycles. The second kappa shape index (κ2) is 3.22. The third-order valence-corrected chi connectivity index (χ3v) is 5.03. The lowest BCUT2D eigenvalue weighted by atomic mass is 10.1. The Hall–Kier alpha value is -0.580. The molecule has 0 aliphatic carbocycles. The van der Waals surface area contributed by atoms with E-state index in [1.807, 2.05) is 13.8 Å². The van der Waals surface area contributed by atoms with Gasteiger partial charge in [-0.3, -0.25) is 5.01 Å². The van der Waals surface area contributed by atoms with Gasteiger partial charge in [0.05, 0.1) is 6.04 Å². The van der Waals surface area contributed by atoms with Crippen molar-refractivity contribution in [1.82, 2.24) is 5.01 Å². The lowest BCUT2D eigenvalue weighted by molar-refractivity contribution is 0.144. The predicted molar refractivity (Wildman–Crippen MR) is 57.9 cm³/mol. The molecule has 5 heteroatoms. The first-order valence-electron chi connectivity index (χ1n) is 4.71. The largest absolute Gasteiger partial charge is 0.273 e. The second-order valence-corrected chi connectivity index (χ2v) is 6.97. The molecule has 4 nitrogen and oxygen atoms in total. The highest BCUT2D eigenvalue weighted by Crippen LogP contribution is 2.29. The molecule has 0 spiro atoms. The lowest BCUT2D eigenvalue weighted by Gasteiger charge is -2.36. The Kier molecular flexibility index (Phi) is 2.65. The van der Waals surface area contributed by atoms with E-state index in [-0.39, 0.29) is 6.04 Å². The zero-order chi connectivity index (χ0) is 11.1. The van der Waals surface area contributed by atoms with E-state index in [9.17, 15) is 8.42 Å². The molecule has 0 aromatic carbocycles. The van der Waals surface area contributed by atoms with Gasteiger partial charge in [-0.1, -0.05) is 6.92 Å². The van der Waals surface area contributed by atoms with Crippen LogP contribution in [0.15, 0.2) is 5.10 Å². The number of hydrogen-bond acceptors (Lipinski definition) is 4. The van der Waals surface area contributed by atoms with Crippen LogP contribution in [0.1, 0.15) is 27.7 Å². The minimum atomic E-state index is -3.13. The van der Waals surface area contributed by atoms with E-state index >= 15 is 0 Å². The predicted octanol–water partition coefficient (Wildman–Crippen LogP) is 1.09. The molecule has 82 valence electrons. The van der Waals surface area contributed by atoms with Crippen molar-refractivity contribution in [2.24, 2.45) is 11.0 Å². The molecule has 0 amide bonds. The van der Waals surface area contributed by atoms with Gasteiger partial charge in [-0.15, -0.1) is 0 Å². The zero-order valence-corrected chi connectivity index (χ0v) is 10.2. The van der Waals surface area contributed by atoms with Crippen LogP contribution in [0.3, 0.4) is 0 Å². The Morgan fingerprint density at radius 1 is 1.36 bits per heavy atom. The van der Waals surface area contributed by atoms with Gasteiger partial charge >= 0.3 is 0 Å². The average molecular weight is 218 g/mol. The van der Waals surface area contributed by atoms with E-state index in [4.69, 9.17) is 0 Å². The van der Waals surface area contributed by atoms with Crippen LogP contribution in [0.2, 0.25) is 0 Å². The molecular weight excluding hydrogens is 200 g/mol. The van der Waals surface area contributed by atoms with Crippen molar-refractivity contribution in [2.75, 3.05) is 6.26 Å². The van der Waals surface area contributed by atoms with Crippen LogP contribution >= 0.6 is 0 Å². The molecule has 14 heavy (non-hydrogen) atoms. The van der Waals surface area contributed by atoms with Gasteiger partial charge in [-0.05, 0) is 20.8 Å². The fourth-order valence-electron chi connectivity index (χ4n) is 1.43. The summed E-state index contributed by atoms with van der Waals surface area (Å²) in [7, 11) is -3.13. The number of nitrogens with zero attached hydrogens (tertiary/aromatic N) is 2.